The maximum atomic E-state index is 12.7. The fourth-order valence-electron chi connectivity index (χ4n) is 2.97. The predicted octanol–water partition coefficient (Wildman–Crippen LogP) is 2.14. The Morgan fingerprint density at radius 3 is 2.78 bits per heavy atom. The lowest BCUT2D eigenvalue weighted by atomic mass is 9.90. The van der Waals surface area contributed by atoms with Crippen LogP contribution < -0.4 is 5.32 Å². The Hall–Kier alpha value is -1.95. The zero-order valence-corrected chi connectivity index (χ0v) is 14.2. The van der Waals surface area contributed by atoms with Crippen LogP contribution in [0.4, 0.5) is 0 Å². The van der Waals surface area contributed by atoms with Gasteiger partial charge in [0, 0.05) is 30.0 Å². The van der Waals surface area contributed by atoms with Crippen molar-refractivity contribution in [2.24, 2.45) is 11.8 Å². The Morgan fingerprint density at radius 2 is 2.17 bits per heavy atom. The second-order valence-corrected chi connectivity index (χ2v) is 6.83. The molecule has 1 N–H and O–H groups in total. The van der Waals surface area contributed by atoms with Gasteiger partial charge in [-0.15, -0.1) is 0 Å². The number of imidazole rings is 1. The first kappa shape index (κ1) is 15.9. The molecule has 2 aromatic rings. The van der Waals surface area contributed by atoms with Crippen molar-refractivity contribution in [3.05, 3.63) is 29.5 Å². The summed E-state index contributed by atoms with van der Waals surface area (Å²) in [5.74, 6) is 0.753. The molecule has 6 nitrogen and oxygen atoms in total. The first-order valence-electron chi connectivity index (χ1n) is 8.15. The molecule has 0 unspecified atom stereocenters. The number of nitrogens with one attached hydrogen (secondary N) is 1. The average molecular weight is 316 g/mol. The normalized spacial score (nSPS) is 16.6. The lowest BCUT2D eigenvalue weighted by Gasteiger charge is -2.35. The van der Waals surface area contributed by atoms with Crippen LogP contribution >= 0.6 is 0 Å². The number of hydrogen-bond acceptors (Lipinski definition) is 4. The summed E-state index contributed by atoms with van der Waals surface area (Å²) in [4.78, 5) is 21.5. The Labute approximate surface area is 136 Å². The van der Waals surface area contributed by atoms with Crippen LogP contribution in [0.2, 0.25) is 0 Å². The van der Waals surface area contributed by atoms with Crippen LogP contribution in [-0.2, 0) is 4.74 Å². The Morgan fingerprint density at radius 1 is 1.43 bits per heavy atom. The summed E-state index contributed by atoms with van der Waals surface area (Å²) >= 11 is 0. The van der Waals surface area contributed by atoms with Crippen LogP contribution in [0.25, 0.3) is 5.65 Å². The van der Waals surface area contributed by atoms with Crippen LogP contribution in [-0.4, -0.2) is 39.5 Å². The number of fused-ring (bicyclic) bond motifs is 1. The number of carbonyl (C=O) groups excluding carboxylic acids is 1. The van der Waals surface area contributed by atoms with Gasteiger partial charge in [0.15, 0.2) is 11.3 Å². The molecule has 0 aliphatic carbocycles. The van der Waals surface area contributed by atoms with Gasteiger partial charge in [0.1, 0.15) is 0 Å². The second kappa shape index (κ2) is 6.28. The van der Waals surface area contributed by atoms with E-state index in [-0.39, 0.29) is 11.9 Å². The Balaban J connectivity index is 1.86. The number of amides is 1. The van der Waals surface area contributed by atoms with Crippen LogP contribution in [0, 0.1) is 25.7 Å². The molecule has 6 heteroatoms. The molecule has 3 heterocycles. The Kier molecular flexibility index (Phi) is 4.35. The van der Waals surface area contributed by atoms with Gasteiger partial charge in [-0.1, -0.05) is 13.8 Å². The first-order chi connectivity index (χ1) is 11.0. The molecule has 0 radical (unpaired) electrons. The van der Waals surface area contributed by atoms with E-state index in [2.05, 4.69) is 29.1 Å². The van der Waals surface area contributed by atoms with Gasteiger partial charge in [-0.25, -0.2) is 9.97 Å². The smallest absolute Gasteiger partial charge is 0.273 e. The number of rotatable bonds is 5. The highest BCUT2D eigenvalue weighted by Crippen LogP contribution is 2.21. The summed E-state index contributed by atoms with van der Waals surface area (Å²) in [6.45, 7) is 9.64. The summed E-state index contributed by atoms with van der Waals surface area (Å²) in [6, 6.07) is 0.121. The highest BCUT2D eigenvalue weighted by molar-refractivity contribution is 5.98. The summed E-state index contributed by atoms with van der Waals surface area (Å²) in [5, 5.41) is 3.15. The fourth-order valence-corrected chi connectivity index (χ4v) is 2.97. The summed E-state index contributed by atoms with van der Waals surface area (Å²) in [7, 11) is 0. The molecule has 1 amide bonds. The van der Waals surface area contributed by atoms with Crippen molar-refractivity contribution in [2.75, 3.05) is 13.2 Å². The monoisotopic (exact) mass is 316 g/mol. The van der Waals surface area contributed by atoms with Crippen molar-refractivity contribution < 1.29 is 9.53 Å². The molecule has 0 spiro atoms. The molecular weight excluding hydrogens is 292 g/mol. The van der Waals surface area contributed by atoms with Gasteiger partial charge in [0.2, 0.25) is 0 Å². The maximum Gasteiger partial charge on any atom is 0.273 e. The van der Waals surface area contributed by atoms with Gasteiger partial charge in [0.25, 0.3) is 5.91 Å². The lowest BCUT2D eigenvalue weighted by molar-refractivity contribution is -0.0510. The van der Waals surface area contributed by atoms with Gasteiger partial charge >= 0.3 is 0 Å². The molecule has 3 rings (SSSR count). The van der Waals surface area contributed by atoms with Crippen LogP contribution in [0.5, 0.6) is 0 Å². The van der Waals surface area contributed by atoms with Crippen LogP contribution in [0.3, 0.4) is 0 Å². The molecule has 0 bridgehead atoms. The number of aryl methyl sites for hydroxylation is 2. The zero-order chi connectivity index (χ0) is 16.6. The number of hydrogen-bond donors (Lipinski definition) is 1. The SMILES string of the molecule is Cc1cn2c(C)cnc(C(=O)N[C@H](CC(C)C)C3COC3)c2n1. The predicted molar refractivity (Wildman–Crippen MR) is 87.5 cm³/mol. The van der Waals surface area contributed by atoms with Gasteiger partial charge in [0.05, 0.1) is 18.9 Å². The molecule has 1 saturated heterocycles. The number of aromatic nitrogens is 3. The van der Waals surface area contributed by atoms with E-state index in [0.29, 0.717) is 23.2 Å². The molecule has 0 saturated carbocycles. The molecule has 1 atom stereocenters. The molecule has 2 aromatic heterocycles. The summed E-state index contributed by atoms with van der Waals surface area (Å²) in [5.41, 5.74) is 2.84. The van der Waals surface area contributed by atoms with Crippen LogP contribution in [0.15, 0.2) is 12.4 Å². The van der Waals surface area contributed by atoms with E-state index in [1.807, 2.05) is 24.4 Å². The zero-order valence-electron chi connectivity index (χ0n) is 14.2. The molecule has 1 fully saturated rings. The highest BCUT2D eigenvalue weighted by atomic mass is 16.5. The summed E-state index contributed by atoms with van der Waals surface area (Å²) in [6.07, 6.45) is 4.58. The fraction of sp³-hybridized carbons (Fsp3) is 0.588. The molecule has 0 aromatic carbocycles. The van der Waals surface area contributed by atoms with Crippen molar-refractivity contribution in [1.82, 2.24) is 19.7 Å². The van der Waals surface area contributed by atoms with Gasteiger partial charge in [-0.2, -0.15) is 0 Å². The van der Waals surface area contributed by atoms with E-state index in [9.17, 15) is 4.79 Å². The highest BCUT2D eigenvalue weighted by Gasteiger charge is 2.31. The van der Waals surface area contributed by atoms with E-state index in [1.54, 1.807) is 6.20 Å². The second-order valence-electron chi connectivity index (χ2n) is 6.83. The minimum absolute atomic E-state index is 0.121. The largest absolute Gasteiger partial charge is 0.381 e. The number of carbonyl (C=O) groups is 1. The molecular formula is C17H24N4O2. The standard InChI is InChI=1S/C17H24N4O2/c1-10(2)5-14(13-8-23-9-13)20-17(22)15-16-19-11(3)7-21(16)12(4)6-18-15/h6-7,10,13-14H,5,8-9H2,1-4H3,(H,20,22)/t14-/m1/s1. The van der Waals surface area contributed by atoms with Gasteiger partial charge in [-0.05, 0) is 26.2 Å². The average Bonchev–Trinajstić information content (AvgIpc) is 2.78. The van der Waals surface area contributed by atoms with Gasteiger partial charge < -0.3 is 14.5 Å². The molecule has 23 heavy (non-hydrogen) atoms. The van der Waals surface area contributed by atoms with E-state index in [4.69, 9.17) is 4.74 Å². The van der Waals surface area contributed by atoms with Crippen molar-refractivity contribution in [3.63, 3.8) is 0 Å². The quantitative estimate of drug-likeness (QED) is 0.917. The minimum atomic E-state index is -0.154. The molecule has 1 aliphatic rings. The van der Waals surface area contributed by atoms with E-state index in [1.165, 1.54) is 0 Å². The van der Waals surface area contributed by atoms with Gasteiger partial charge in [-0.3, -0.25) is 4.79 Å². The van der Waals surface area contributed by atoms with E-state index in [0.717, 1.165) is 31.0 Å². The topological polar surface area (TPSA) is 68.5 Å². The van der Waals surface area contributed by atoms with Crippen LogP contribution in [0.1, 0.15) is 42.1 Å². The third kappa shape index (κ3) is 3.22. The maximum absolute atomic E-state index is 12.7. The van der Waals surface area contributed by atoms with E-state index < -0.39 is 0 Å². The minimum Gasteiger partial charge on any atom is -0.381 e. The molecule has 1 aliphatic heterocycles. The molecule has 124 valence electrons. The third-order valence-electron chi connectivity index (χ3n) is 4.29. The van der Waals surface area contributed by atoms with Crippen molar-refractivity contribution in [2.45, 2.75) is 40.2 Å². The third-order valence-corrected chi connectivity index (χ3v) is 4.29. The number of nitrogens with zero attached hydrogens (tertiary/aromatic N) is 3. The summed E-state index contributed by atoms with van der Waals surface area (Å²) < 4.78 is 7.21. The van der Waals surface area contributed by atoms with Crippen molar-refractivity contribution in [3.8, 4) is 0 Å². The first-order valence-corrected chi connectivity index (χ1v) is 8.15. The van der Waals surface area contributed by atoms with E-state index >= 15 is 0 Å². The Bertz CT molecular complexity index is 719. The van der Waals surface area contributed by atoms with Crippen molar-refractivity contribution in [1.29, 1.82) is 0 Å². The number of ether oxygens (including phenoxy) is 1. The van der Waals surface area contributed by atoms with Crippen molar-refractivity contribution >= 4 is 11.6 Å². The lowest BCUT2D eigenvalue weighted by Crippen LogP contribution is -2.49.